The fraction of sp³-hybridized carbons (Fsp3) is 0.462. The van der Waals surface area contributed by atoms with Crippen LogP contribution in [0, 0.1) is 5.92 Å². The summed E-state index contributed by atoms with van der Waals surface area (Å²) in [5, 5.41) is 1.09. The molecule has 0 amide bonds. The van der Waals surface area contributed by atoms with Crippen molar-refractivity contribution in [2.45, 2.75) is 12.8 Å². The summed E-state index contributed by atoms with van der Waals surface area (Å²) in [6, 6.07) is 4.05. The second kappa shape index (κ2) is 5.18. The molecule has 18 heavy (non-hydrogen) atoms. The Bertz CT molecular complexity index is 545. The standard InChI is InChI=1S/C13H15BrN4/c14-5-3-10-4-8-18(9-10)12-2-1-11-13(17-12)16-7-6-15-11/h1-2,6-7,10H,3-5,8-9H2. The molecule has 1 atom stereocenters. The number of alkyl halides is 1. The monoisotopic (exact) mass is 306 g/mol. The van der Waals surface area contributed by atoms with Gasteiger partial charge in [0.25, 0.3) is 0 Å². The summed E-state index contributed by atoms with van der Waals surface area (Å²) in [7, 11) is 0. The minimum Gasteiger partial charge on any atom is -0.356 e. The van der Waals surface area contributed by atoms with Gasteiger partial charge in [-0.05, 0) is 30.9 Å². The van der Waals surface area contributed by atoms with E-state index in [1.54, 1.807) is 12.4 Å². The first-order chi connectivity index (χ1) is 8.86. The van der Waals surface area contributed by atoms with Gasteiger partial charge in [0.1, 0.15) is 11.3 Å². The molecule has 94 valence electrons. The van der Waals surface area contributed by atoms with E-state index in [0.29, 0.717) is 0 Å². The zero-order valence-corrected chi connectivity index (χ0v) is 11.7. The summed E-state index contributed by atoms with van der Waals surface area (Å²) in [6.45, 7) is 2.20. The number of anilines is 1. The van der Waals surface area contributed by atoms with E-state index in [2.05, 4.69) is 35.8 Å². The molecule has 0 N–H and O–H groups in total. The zero-order valence-electron chi connectivity index (χ0n) is 10.1. The van der Waals surface area contributed by atoms with Crippen LogP contribution in [0.2, 0.25) is 0 Å². The molecule has 2 aromatic rings. The van der Waals surface area contributed by atoms with Crippen molar-refractivity contribution in [1.29, 1.82) is 0 Å². The Morgan fingerprint density at radius 3 is 3.06 bits per heavy atom. The molecule has 0 aliphatic carbocycles. The van der Waals surface area contributed by atoms with Crippen molar-refractivity contribution in [3.05, 3.63) is 24.5 Å². The second-order valence-corrected chi connectivity index (χ2v) is 5.44. The van der Waals surface area contributed by atoms with Crippen molar-refractivity contribution in [3.8, 4) is 0 Å². The quantitative estimate of drug-likeness (QED) is 0.818. The van der Waals surface area contributed by atoms with Crippen LogP contribution in [0.4, 0.5) is 5.82 Å². The summed E-state index contributed by atoms with van der Waals surface area (Å²) in [6.07, 6.45) is 5.89. The Hall–Kier alpha value is -1.23. The van der Waals surface area contributed by atoms with Crippen molar-refractivity contribution in [2.24, 2.45) is 5.92 Å². The number of aromatic nitrogens is 3. The van der Waals surface area contributed by atoms with E-state index >= 15 is 0 Å². The van der Waals surface area contributed by atoms with Crippen molar-refractivity contribution in [1.82, 2.24) is 15.0 Å². The maximum absolute atomic E-state index is 4.59. The number of nitrogens with zero attached hydrogens (tertiary/aromatic N) is 4. The fourth-order valence-electron chi connectivity index (χ4n) is 2.45. The predicted molar refractivity (Wildman–Crippen MR) is 76.1 cm³/mol. The van der Waals surface area contributed by atoms with Crippen LogP contribution in [-0.4, -0.2) is 33.4 Å². The smallest absolute Gasteiger partial charge is 0.180 e. The Morgan fingerprint density at radius 1 is 1.28 bits per heavy atom. The summed E-state index contributed by atoms with van der Waals surface area (Å²) in [5.74, 6) is 1.81. The topological polar surface area (TPSA) is 41.9 Å². The maximum atomic E-state index is 4.59. The van der Waals surface area contributed by atoms with Crippen LogP contribution in [0.3, 0.4) is 0 Å². The molecule has 2 aromatic heterocycles. The number of halogens is 1. The van der Waals surface area contributed by atoms with Crippen LogP contribution in [0.25, 0.3) is 11.2 Å². The SMILES string of the molecule is BrCCC1CCN(c2ccc3nccnc3n2)C1. The first-order valence-electron chi connectivity index (χ1n) is 6.25. The lowest BCUT2D eigenvalue weighted by atomic mass is 10.1. The molecular weight excluding hydrogens is 292 g/mol. The molecule has 1 unspecified atom stereocenters. The van der Waals surface area contributed by atoms with Crippen LogP contribution < -0.4 is 4.90 Å². The molecule has 0 bridgehead atoms. The molecule has 3 rings (SSSR count). The third-order valence-electron chi connectivity index (χ3n) is 3.44. The van der Waals surface area contributed by atoms with Crippen LogP contribution in [0.15, 0.2) is 24.5 Å². The van der Waals surface area contributed by atoms with Gasteiger partial charge in [-0.3, -0.25) is 4.98 Å². The van der Waals surface area contributed by atoms with Gasteiger partial charge < -0.3 is 4.90 Å². The number of rotatable bonds is 3. The first kappa shape index (κ1) is 11.8. The molecule has 3 heterocycles. The van der Waals surface area contributed by atoms with Gasteiger partial charge in [0.05, 0.1) is 0 Å². The maximum Gasteiger partial charge on any atom is 0.180 e. The highest BCUT2D eigenvalue weighted by atomic mass is 79.9. The summed E-state index contributed by atoms with van der Waals surface area (Å²) < 4.78 is 0. The van der Waals surface area contributed by atoms with Crippen LogP contribution in [0.1, 0.15) is 12.8 Å². The van der Waals surface area contributed by atoms with Gasteiger partial charge in [0.15, 0.2) is 5.65 Å². The molecular formula is C13H15BrN4. The highest BCUT2D eigenvalue weighted by Gasteiger charge is 2.22. The lowest BCUT2D eigenvalue weighted by Crippen LogP contribution is -2.20. The van der Waals surface area contributed by atoms with Crippen molar-refractivity contribution < 1.29 is 0 Å². The van der Waals surface area contributed by atoms with E-state index in [-0.39, 0.29) is 0 Å². The van der Waals surface area contributed by atoms with E-state index in [1.165, 1.54) is 12.8 Å². The third kappa shape index (κ3) is 2.32. The highest BCUT2D eigenvalue weighted by molar-refractivity contribution is 9.09. The average molecular weight is 307 g/mol. The van der Waals surface area contributed by atoms with Crippen LogP contribution in [0.5, 0.6) is 0 Å². The zero-order chi connectivity index (χ0) is 12.4. The van der Waals surface area contributed by atoms with Crippen LogP contribution >= 0.6 is 15.9 Å². The number of hydrogen-bond acceptors (Lipinski definition) is 4. The Balaban J connectivity index is 1.82. The fourth-order valence-corrected chi connectivity index (χ4v) is 3.10. The summed E-state index contributed by atoms with van der Waals surface area (Å²) in [4.78, 5) is 15.4. The first-order valence-corrected chi connectivity index (χ1v) is 7.37. The normalized spacial score (nSPS) is 19.6. The van der Waals surface area contributed by atoms with E-state index in [0.717, 1.165) is 41.3 Å². The molecule has 0 saturated carbocycles. The molecule has 5 heteroatoms. The Labute approximate surface area is 115 Å². The predicted octanol–water partition coefficient (Wildman–Crippen LogP) is 2.64. The highest BCUT2D eigenvalue weighted by Crippen LogP contribution is 2.25. The molecule has 4 nitrogen and oxygen atoms in total. The molecule has 0 radical (unpaired) electrons. The van der Waals surface area contributed by atoms with Gasteiger partial charge in [-0.2, -0.15) is 0 Å². The molecule has 1 aliphatic rings. The Morgan fingerprint density at radius 2 is 2.17 bits per heavy atom. The average Bonchev–Trinajstić information content (AvgIpc) is 2.87. The van der Waals surface area contributed by atoms with E-state index in [9.17, 15) is 0 Å². The van der Waals surface area contributed by atoms with E-state index in [1.807, 2.05) is 12.1 Å². The molecule has 0 spiro atoms. The lowest BCUT2D eigenvalue weighted by molar-refractivity contribution is 0.575. The van der Waals surface area contributed by atoms with Gasteiger partial charge in [0, 0.05) is 30.8 Å². The van der Waals surface area contributed by atoms with E-state index < -0.39 is 0 Å². The minimum atomic E-state index is 0.735. The number of hydrogen-bond donors (Lipinski definition) is 0. The van der Waals surface area contributed by atoms with Gasteiger partial charge in [-0.1, -0.05) is 15.9 Å². The van der Waals surface area contributed by atoms with Gasteiger partial charge in [-0.25, -0.2) is 9.97 Å². The van der Waals surface area contributed by atoms with Crippen molar-refractivity contribution >= 4 is 32.9 Å². The van der Waals surface area contributed by atoms with E-state index in [4.69, 9.17) is 0 Å². The summed E-state index contributed by atoms with van der Waals surface area (Å²) >= 11 is 3.52. The summed E-state index contributed by atoms with van der Waals surface area (Å²) in [5.41, 5.74) is 1.59. The van der Waals surface area contributed by atoms with Crippen molar-refractivity contribution in [3.63, 3.8) is 0 Å². The van der Waals surface area contributed by atoms with Crippen LogP contribution in [-0.2, 0) is 0 Å². The van der Waals surface area contributed by atoms with Gasteiger partial charge in [-0.15, -0.1) is 0 Å². The van der Waals surface area contributed by atoms with Gasteiger partial charge in [0.2, 0.25) is 0 Å². The molecule has 1 saturated heterocycles. The number of pyridine rings is 1. The Kier molecular flexibility index (Phi) is 3.41. The molecule has 1 aliphatic heterocycles. The largest absolute Gasteiger partial charge is 0.356 e. The molecule has 0 aromatic carbocycles. The molecule has 1 fully saturated rings. The number of fused-ring (bicyclic) bond motifs is 1. The lowest BCUT2D eigenvalue weighted by Gasteiger charge is -2.17. The third-order valence-corrected chi connectivity index (χ3v) is 3.90. The minimum absolute atomic E-state index is 0.735. The van der Waals surface area contributed by atoms with Crippen molar-refractivity contribution in [2.75, 3.05) is 23.3 Å². The van der Waals surface area contributed by atoms with Gasteiger partial charge >= 0.3 is 0 Å². The second-order valence-electron chi connectivity index (χ2n) is 4.65.